The number of carbonyl (C=O) groups is 1. The van der Waals surface area contributed by atoms with Crippen molar-refractivity contribution in [2.45, 2.75) is 117 Å². The van der Waals surface area contributed by atoms with E-state index in [4.69, 9.17) is 14.6 Å². The molecule has 0 bridgehead atoms. The molecule has 0 fully saturated rings. The number of unbranched alkanes of at least 4 members (excludes halogenated alkanes) is 10. The Bertz CT molecular complexity index is 627. The normalized spacial score (nSPS) is 10.9. The van der Waals surface area contributed by atoms with Crippen LogP contribution in [0.5, 0.6) is 17.2 Å². The fraction of sp³-hybridized carbons (Fsp3) is 0.731. The van der Waals surface area contributed by atoms with Crippen LogP contribution in [0.25, 0.3) is 0 Å². The van der Waals surface area contributed by atoms with Crippen LogP contribution in [0.3, 0.4) is 0 Å². The molecule has 0 saturated heterocycles. The zero-order chi connectivity index (χ0) is 22.9. The number of hydrogen-bond donors (Lipinski definition) is 2. The summed E-state index contributed by atoms with van der Waals surface area (Å²) in [6.07, 6.45) is 14.9. The molecule has 0 aliphatic carbocycles. The van der Waals surface area contributed by atoms with E-state index in [1.165, 1.54) is 44.9 Å². The molecule has 1 aromatic rings. The number of phenols is 1. The van der Waals surface area contributed by atoms with Gasteiger partial charge in [-0.2, -0.15) is 0 Å². The van der Waals surface area contributed by atoms with E-state index in [0.29, 0.717) is 12.4 Å². The Morgan fingerprint density at radius 1 is 0.806 bits per heavy atom. The van der Waals surface area contributed by atoms with Crippen molar-refractivity contribution in [3.8, 4) is 17.2 Å². The summed E-state index contributed by atoms with van der Waals surface area (Å²) in [6, 6.07) is 1.71. The Morgan fingerprint density at radius 2 is 1.35 bits per heavy atom. The molecule has 5 heteroatoms. The first kappa shape index (κ1) is 27.1. The third kappa shape index (κ3) is 10.8. The minimum absolute atomic E-state index is 0.0173. The van der Waals surface area contributed by atoms with Gasteiger partial charge >= 0.3 is 6.16 Å². The number of benzene rings is 1. The van der Waals surface area contributed by atoms with Gasteiger partial charge in [0.2, 0.25) is 5.75 Å². The molecule has 178 valence electrons. The molecule has 2 N–H and O–H groups in total. The highest BCUT2D eigenvalue weighted by atomic mass is 16.7. The lowest BCUT2D eigenvalue weighted by atomic mass is 9.94. The first-order valence-electron chi connectivity index (χ1n) is 12.5. The van der Waals surface area contributed by atoms with Crippen molar-refractivity contribution >= 4 is 6.16 Å². The van der Waals surface area contributed by atoms with Crippen LogP contribution in [0.2, 0.25) is 0 Å². The van der Waals surface area contributed by atoms with Gasteiger partial charge in [-0.25, -0.2) is 4.79 Å². The molecule has 0 aromatic heterocycles. The van der Waals surface area contributed by atoms with Gasteiger partial charge in [0.25, 0.3) is 0 Å². The quantitative estimate of drug-likeness (QED) is 0.138. The maximum absolute atomic E-state index is 11.2. The predicted octanol–water partition coefficient (Wildman–Crippen LogP) is 8.04. The zero-order valence-electron chi connectivity index (χ0n) is 20.0. The van der Waals surface area contributed by atoms with E-state index < -0.39 is 6.16 Å². The van der Waals surface area contributed by atoms with E-state index in [2.05, 4.69) is 20.8 Å². The lowest BCUT2D eigenvalue weighted by Crippen LogP contribution is -2.08. The second kappa shape index (κ2) is 16.7. The molecule has 31 heavy (non-hydrogen) atoms. The fourth-order valence-corrected chi connectivity index (χ4v) is 3.89. The van der Waals surface area contributed by atoms with Crippen molar-refractivity contribution in [2.75, 3.05) is 6.61 Å². The van der Waals surface area contributed by atoms with Gasteiger partial charge in [-0.05, 0) is 43.7 Å². The van der Waals surface area contributed by atoms with Crippen molar-refractivity contribution in [3.05, 3.63) is 17.2 Å². The van der Waals surface area contributed by atoms with E-state index >= 15 is 0 Å². The average molecular weight is 437 g/mol. The molecule has 0 aliphatic heterocycles. The third-order valence-electron chi connectivity index (χ3n) is 5.69. The van der Waals surface area contributed by atoms with Crippen LogP contribution in [0.4, 0.5) is 4.79 Å². The van der Waals surface area contributed by atoms with Crippen LogP contribution < -0.4 is 9.47 Å². The molecule has 1 aromatic carbocycles. The molecule has 0 aliphatic rings. The van der Waals surface area contributed by atoms with Gasteiger partial charge in [-0.3, -0.25) is 0 Å². The minimum atomic E-state index is -1.42. The smallest absolute Gasteiger partial charge is 0.502 e. The maximum atomic E-state index is 11.2. The Hall–Kier alpha value is -1.91. The number of aryl methyl sites for hydroxylation is 1. The monoisotopic (exact) mass is 436 g/mol. The summed E-state index contributed by atoms with van der Waals surface area (Å²) in [4.78, 5) is 11.2. The maximum Gasteiger partial charge on any atom is 0.511 e. The second-order valence-electron chi connectivity index (χ2n) is 8.44. The summed E-state index contributed by atoms with van der Waals surface area (Å²) in [7, 11) is 0. The first-order chi connectivity index (χ1) is 15.0. The van der Waals surface area contributed by atoms with Crippen molar-refractivity contribution in [1.29, 1.82) is 0 Å². The summed E-state index contributed by atoms with van der Waals surface area (Å²) >= 11 is 0. The van der Waals surface area contributed by atoms with Crippen LogP contribution in [-0.2, 0) is 12.8 Å². The summed E-state index contributed by atoms with van der Waals surface area (Å²) in [5.74, 6) is 0.228. The number of hydrogen-bond acceptors (Lipinski definition) is 4. The number of aromatic hydroxyl groups is 1. The van der Waals surface area contributed by atoms with Crippen molar-refractivity contribution in [3.63, 3.8) is 0 Å². The molecule has 0 amide bonds. The van der Waals surface area contributed by atoms with Crippen molar-refractivity contribution < 1.29 is 24.5 Å². The van der Waals surface area contributed by atoms with E-state index in [1.807, 2.05) is 0 Å². The summed E-state index contributed by atoms with van der Waals surface area (Å²) in [5, 5.41) is 19.9. The molecule has 0 unspecified atom stereocenters. The van der Waals surface area contributed by atoms with Gasteiger partial charge in [-0.1, -0.05) is 85.0 Å². The Balaban J connectivity index is 3.08. The van der Waals surface area contributed by atoms with E-state index in [9.17, 15) is 9.90 Å². The van der Waals surface area contributed by atoms with Gasteiger partial charge < -0.3 is 19.7 Å². The Kier molecular flexibility index (Phi) is 14.6. The highest BCUT2D eigenvalue weighted by molar-refractivity contribution is 5.67. The second-order valence-corrected chi connectivity index (χ2v) is 8.44. The van der Waals surface area contributed by atoms with E-state index in [-0.39, 0.29) is 11.5 Å². The fourth-order valence-electron chi connectivity index (χ4n) is 3.89. The number of carboxylic acid groups (broad SMARTS) is 1. The number of phenolic OH excluding ortho intramolecular Hbond substituents is 1. The highest BCUT2D eigenvalue weighted by Gasteiger charge is 2.21. The molecule has 0 heterocycles. The van der Waals surface area contributed by atoms with Crippen molar-refractivity contribution in [1.82, 2.24) is 0 Å². The molecular formula is C26H44O5. The van der Waals surface area contributed by atoms with Gasteiger partial charge in [0, 0.05) is 5.56 Å². The number of ether oxygens (including phenoxy) is 2. The largest absolute Gasteiger partial charge is 0.511 e. The van der Waals surface area contributed by atoms with Crippen LogP contribution >= 0.6 is 0 Å². The standard InChI is InChI=1S/C26H44O5/c1-4-7-10-13-16-19-30-25-22(18-15-12-9-6-3)21(17-14-11-8-5-2)20-23(24(25)27)31-26(28)29/h20,27H,4-19H2,1-3H3,(H,28,29). The van der Waals surface area contributed by atoms with Crippen LogP contribution in [0, 0.1) is 0 Å². The summed E-state index contributed by atoms with van der Waals surface area (Å²) < 4.78 is 11.0. The highest BCUT2D eigenvalue weighted by Crippen LogP contribution is 2.43. The lowest BCUT2D eigenvalue weighted by molar-refractivity contribution is 0.142. The molecule has 5 nitrogen and oxygen atoms in total. The van der Waals surface area contributed by atoms with Gasteiger partial charge in [0.1, 0.15) is 0 Å². The molecule has 0 radical (unpaired) electrons. The van der Waals surface area contributed by atoms with Gasteiger partial charge in [0.15, 0.2) is 11.5 Å². The lowest BCUT2D eigenvalue weighted by Gasteiger charge is -2.19. The Labute approximate surface area is 189 Å². The molecule has 0 saturated carbocycles. The average Bonchev–Trinajstić information content (AvgIpc) is 2.74. The minimum Gasteiger partial charge on any atom is -0.502 e. The molecule has 1 rings (SSSR count). The Morgan fingerprint density at radius 3 is 1.94 bits per heavy atom. The van der Waals surface area contributed by atoms with Gasteiger partial charge in [-0.15, -0.1) is 0 Å². The zero-order valence-corrected chi connectivity index (χ0v) is 20.0. The van der Waals surface area contributed by atoms with Crippen LogP contribution in [0.1, 0.15) is 115 Å². The van der Waals surface area contributed by atoms with E-state index in [1.54, 1.807) is 6.07 Å². The van der Waals surface area contributed by atoms with Crippen LogP contribution in [-0.4, -0.2) is 23.0 Å². The number of rotatable bonds is 18. The predicted molar refractivity (Wildman–Crippen MR) is 127 cm³/mol. The van der Waals surface area contributed by atoms with Gasteiger partial charge in [0.05, 0.1) is 6.61 Å². The van der Waals surface area contributed by atoms with E-state index in [0.717, 1.165) is 62.5 Å². The third-order valence-corrected chi connectivity index (χ3v) is 5.69. The topological polar surface area (TPSA) is 76.0 Å². The van der Waals surface area contributed by atoms with Crippen LogP contribution in [0.15, 0.2) is 6.07 Å². The van der Waals surface area contributed by atoms with Crippen molar-refractivity contribution in [2.24, 2.45) is 0 Å². The first-order valence-corrected chi connectivity index (χ1v) is 12.5. The molecule has 0 atom stereocenters. The summed E-state index contributed by atoms with van der Waals surface area (Å²) in [6.45, 7) is 7.08. The molecular weight excluding hydrogens is 392 g/mol. The summed E-state index contributed by atoms with van der Waals surface area (Å²) in [5.41, 5.74) is 2.07. The molecule has 0 spiro atoms. The SMILES string of the molecule is CCCCCCCOc1c(O)c(OC(=O)O)cc(CCCCCC)c1CCCCCC.